The lowest BCUT2D eigenvalue weighted by Gasteiger charge is -2.28. The Morgan fingerprint density at radius 3 is 2.53 bits per heavy atom. The van der Waals surface area contributed by atoms with Crippen LogP contribution in [0.3, 0.4) is 0 Å². The maximum Gasteiger partial charge on any atom is 0.415 e. The van der Waals surface area contributed by atoms with E-state index in [1.807, 2.05) is 0 Å². The molecule has 162 valence electrons. The first-order valence-electron chi connectivity index (χ1n) is 9.22. The number of benzene rings is 1. The zero-order valence-corrected chi connectivity index (χ0v) is 16.1. The van der Waals surface area contributed by atoms with E-state index in [9.17, 15) is 28.3 Å². The molecule has 2 atom stereocenters. The highest BCUT2D eigenvalue weighted by Gasteiger charge is 2.37. The third-order valence-electron chi connectivity index (χ3n) is 4.99. The standard InChI is InChI=1S/C19H21F2N3O6/c1-22-17(27)15-8-24(19(29)30-15)11-6-12(20)16(13(21)7-11)10-2-4-23(5-3-10)18(28)14(26)9-25/h2,6-7,14-15,25-26H,3-5,8-9H2,1H3,(H,22,27)/t14-,15+/m0/s1. The van der Waals surface area contributed by atoms with Crippen molar-refractivity contribution in [1.29, 1.82) is 0 Å². The molecule has 1 saturated heterocycles. The molecule has 3 rings (SSSR count). The Kier molecular flexibility index (Phi) is 6.32. The average molecular weight is 425 g/mol. The molecule has 0 spiro atoms. The molecule has 0 unspecified atom stereocenters. The molecule has 1 aromatic carbocycles. The van der Waals surface area contributed by atoms with Crippen molar-refractivity contribution in [2.24, 2.45) is 0 Å². The van der Waals surface area contributed by atoms with Gasteiger partial charge < -0.3 is 25.2 Å². The molecule has 30 heavy (non-hydrogen) atoms. The van der Waals surface area contributed by atoms with Crippen molar-refractivity contribution in [2.75, 3.05) is 38.2 Å². The third kappa shape index (κ3) is 4.12. The first kappa shape index (κ1) is 21.7. The van der Waals surface area contributed by atoms with Crippen LogP contribution >= 0.6 is 0 Å². The minimum Gasteiger partial charge on any atom is -0.434 e. The van der Waals surface area contributed by atoms with Gasteiger partial charge in [0, 0.05) is 25.7 Å². The van der Waals surface area contributed by atoms with Gasteiger partial charge in [-0.1, -0.05) is 6.08 Å². The Balaban J connectivity index is 1.79. The molecule has 3 N–H and O–H groups in total. The Morgan fingerprint density at radius 2 is 2.00 bits per heavy atom. The van der Waals surface area contributed by atoms with Gasteiger partial charge in [0.1, 0.15) is 11.6 Å². The number of rotatable bonds is 5. The van der Waals surface area contributed by atoms with Gasteiger partial charge in [-0.3, -0.25) is 14.5 Å². The number of ether oxygens (including phenoxy) is 1. The molecule has 1 aromatic rings. The van der Waals surface area contributed by atoms with Crippen molar-refractivity contribution in [1.82, 2.24) is 10.2 Å². The van der Waals surface area contributed by atoms with Crippen molar-refractivity contribution in [3.8, 4) is 0 Å². The van der Waals surface area contributed by atoms with E-state index in [2.05, 4.69) is 5.32 Å². The van der Waals surface area contributed by atoms with Gasteiger partial charge in [-0.15, -0.1) is 0 Å². The van der Waals surface area contributed by atoms with Gasteiger partial charge in [-0.05, 0) is 24.1 Å². The number of anilines is 1. The van der Waals surface area contributed by atoms with Crippen LogP contribution < -0.4 is 10.2 Å². The van der Waals surface area contributed by atoms with Crippen LogP contribution in [-0.2, 0) is 14.3 Å². The molecule has 2 heterocycles. The van der Waals surface area contributed by atoms with Crippen LogP contribution in [0, 0.1) is 11.6 Å². The largest absolute Gasteiger partial charge is 0.434 e. The molecule has 0 bridgehead atoms. The van der Waals surface area contributed by atoms with Gasteiger partial charge in [-0.2, -0.15) is 0 Å². The molecular weight excluding hydrogens is 404 g/mol. The predicted molar refractivity (Wildman–Crippen MR) is 100 cm³/mol. The number of nitrogens with zero attached hydrogens (tertiary/aromatic N) is 2. The van der Waals surface area contributed by atoms with Gasteiger partial charge in [0.15, 0.2) is 12.2 Å². The zero-order chi connectivity index (χ0) is 22.0. The molecule has 0 saturated carbocycles. The van der Waals surface area contributed by atoms with E-state index in [-0.39, 0.29) is 37.3 Å². The van der Waals surface area contributed by atoms with Crippen LogP contribution in [0.15, 0.2) is 18.2 Å². The second kappa shape index (κ2) is 8.76. The number of aliphatic hydroxyl groups excluding tert-OH is 2. The first-order chi connectivity index (χ1) is 14.3. The van der Waals surface area contributed by atoms with E-state index in [1.54, 1.807) is 0 Å². The van der Waals surface area contributed by atoms with Gasteiger partial charge in [0.2, 0.25) is 0 Å². The lowest BCUT2D eigenvalue weighted by molar-refractivity contribution is -0.141. The van der Waals surface area contributed by atoms with E-state index in [0.29, 0.717) is 5.57 Å². The van der Waals surface area contributed by atoms with Crippen LogP contribution in [-0.4, -0.2) is 78.5 Å². The van der Waals surface area contributed by atoms with Gasteiger partial charge in [0.05, 0.1) is 18.8 Å². The first-order valence-corrected chi connectivity index (χ1v) is 9.22. The zero-order valence-electron chi connectivity index (χ0n) is 16.1. The fraction of sp³-hybridized carbons (Fsp3) is 0.421. The van der Waals surface area contributed by atoms with E-state index >= 15 is 0 Å². The lowest BCUT2D eigenvalue weighted by atomic mass is 9.97. The number of halogens is 2. The molecule has 11 heteroatoms. The van der Waals surface area contributed by atoms with E-state index < -0.39 is 48.4 Å². The number of hydrogen-bond donors (Lipinski definition) is 3. The molecule has 0 aromatic heterocycles. The number of aliphatic hydroxyl groups is 2. The highest BCUT2D eigenvalue weighted by molar-refractivity contribution is 5.95. The van der Waals surface area contributed by atoms with Crippen molar-refractivity contribution in [2.45, 2.75) is 18.6 Å². The summed E-state index contributed by atoms with van der Waals surface area (Å²) in [4.78, 5) is 37.8. The molecule has 3 amide bonds. The number of cyclic esters (lactones) is 1. The summed E-state index contributed by atoms with van der Waals surface area (Å²) in [6, 6.07) is 1.97. The quantitative estimate of drug-likeness (QED) is 0.611. The maximum absolute atomic E-state index is 14.7. The fourth-order valence-electron chi connectivity index (χ4n) is 3.38. The fourth-order valence-corrected chi connectivity index (χ4v) is 3.38. The van der Waals surface area contributed by atoms with Crippen LogP contribution in [0.25, 0.3) is 5.57 Å². The minimum absolute atomic E-state index is 0.0259. The topological polar surface area (TPSA) is 119 Å². The molecular formula is C19H21F2N3O6. The number of carbonyl (C=O) groups is 3. The average Bonchev–Trinajstić information content (AvgIpc) is 3.13. The highest BCUT2D eigenvalue weighted by atomic mass is 19.1. The molecule has 9 nitrogen and oxygen atoms in total. The molecule has 0 radical (unpaired) electrons. The van der Waals surface area contributed by atoms with Crippen molar-refractivity contribution < 1.29 is 38.1 Å². The Morgan fingerprint density at radius 1 is 1.33 bits per heavy atom. The van der Waals surface area contributed by atoms with Gasteiger partial charge >= 0.3 is 6.09 Å². The second-order valence-corrected chi connectivity index (χ2v) is 6.84. The predicted octanol–water partition coefficient (Wildman–Crippen LogP) is 0.00490. The minimum atomic E-state index is -1.54. The van der Waals surface area contributed by atoms with Crippen molar-refractivity contribution in [3.05, 3.63) is 35.4 Å². The van der Waals surface area contributed by atoms with Crippen molar-refractivity contribution in [3.63, 3.8) is 0 Å². The number of likely N-dealkylation sites (N-methyl/N-ethyl adjacent to an activating group) is 1. The van der Waals surface area contributed by atoms with E-state index in [0.717, 1.165) is 17.0 Å². The summed E-state index contributed by atoms with van der Waals surface area (Å²) in [5, 5.41) is 20.6. The molecule has 2 aliphatic rings. The van der Waals surface area contributed by atoms with E-state index in [4.69, 9.17) is 9.84 Å². The number of hydrogen-bond acceptors (Lipinski definition) is 6. The molecule has 2 aliphatic heterocycles. The molecule has 0 aliphatic carbocycles. The Hall–Kier alpha value is -3.05. The summed E-state index contributed by atoms with van der Waals surface area (Å²) >= 11 is 0. The molecule has 1 fully saturated rings. The van der Waals surface area contributed by atoms with Crippen molar-refractivity contribution >= 4 is 29.2 Å². The number of carbonyl (C=O) groups excluding carboxylic acids is 3. The highest BCUT2D eigenvalue weighted by Crippen LogP contribution is 2.32. The van der Waals surface area contributed by atoms with Crippen LogP contribution in [0.2, 0.25) is 0 Å². The summed E-state index contributed by atoms with van der Waals surface area (Å²) < 4.78 is 34.4. The van der Waals surface area contributed by atoms with Crippen LogP contribution in [0.1, 0.15) is 12.0 Å². The summed E-state index contributed by atoms with van der Waals surface area (Å²) in [6.07, 6.45) is -1.89. The summed E-state index contributed by atoms with van der Waals surface area (Å²) in [5.74, 6) is -2.99. The van der Waals surface area contributed by atoms with Crippen LogP contribution in [0.4, 0.5) is 19.3 Å². The number of nitrogens with one attached hydrogen (secondary N) is 1. The van der Waals surface area contributed by atoms with Gasteiger partial charge in [0.25, 0.3) is 11.8 Å². The smallest absolute Gasteiger partial charge is 0.415 e. The Bertz CT molecular complexity index is 883. The Labute approximate surface area is 170 Å². The summed E-state index contributed by atoms with van der Waals surface area (Å²) in [6.45, 7) is -0.743. The summed E-state index contributed by atoms with van der Waals surface area (Å²) in [7, 11) is 1.38. The lowest BCUT2D eigenvalue weighted by Crippen LogP contribution is -2.42. The van der Waals surface area contributed by atoms with Gasteiger partial charge in [-0.25, -0.2) is 13.6 Å². The normalized spacial score (nSPS) is 20.0. The third-order valence-corrected chi connectivity index (χ3v) is 4.99. The monoisotopic (exact) mass is 425 g/mol. The number of amides is 3. The SMILES string of the molecule is CNC(=O)[C@H]1CN(c2cc(F)c(C3=CCN(C(=O)[C@@H](O)CO)CC3)c(F)c2)C(=O)O1. The second-order valence-electron chi connectivity index (χ2n) is 6.84. The van der Waals surface area contributed by atoms with Crippen LogP contribution in [0.5, 0.6) is 0 Å². The maximum atomic E-state index is 14.7. The van der Waals surface area contributed by atoms with E-state index in [1.165, 1.54) is 18.0 Å². The summed E-state index contributed by atoms with van der Waals surface area (Å²) in [5.41, 5.74) is -0.0141.